The molecule has 1 N–H and O–H groups in total. The van der Waals surface area contributed by atoms with Gasteiger partial charge in [-0.25, -0.2) is 0 Å². The molecule has 1 aromatic rings. The third kappa shape index (κ3) is 4.98. The summed E-state index contributed by atoms with van der Waals surface area (Å²) < 4.78 is 5.09. The molecule has 24 heavy (non-hydrogen) atoms. The van der Waals surface area contributed by atoms with Gasteiger partial charge in [0, 0.05) is 26.5 Å². The summed E-state index contributed by atoms with van der Waals surface area (Å²) in [5.41, 5.74) is 0. The Hall–Kier alpha value is -1.54. The number of likely N-dealkylation sites (tertiary alicyclic amines) is 1. The third-order valence-corrected chi connectivity index (χ3v) is 5.06. The van der Waals surface area contributed by atoms with E-state index in [-0.39, 0.29) is 30.2 Å². The number of nitrogens with one attached hydrogen (secondary N) is 1. The average molecular weight is 354 g/mol. The lowest BCUT2D eigenvalue weighted by molar-refractivity contribution is -0.130. The molecule has 1 saturated heterocycles. The van der Waals surface area contributed by atoms with Gasteiger partial charge in [-0.1, -0.05) is 31.1 Å². The lowest BCUT2D eigenvalue weighted by Crippen LogP contribution is -2.38. The van der Waals surface area contributed by atoms with Crippen molar-refractivity contribution in [2.75, 3.05) is 25.6 Å². The molecule has 2 heterocycles. The number of nitrogens with zero attached hydrogens (tertiary/aromatic N) is 3. The van der Waals surface area contributed by atoms with Crippen molar-refractivity contribution in [1.82, 2.24) is 15.1 Å². The number of hydrogen-bond acceptors (Lipinski definition) is 6. The van der Waals surface area contributed by atoms with E-state index in [2.05, 4.69) is 22.4 Å². The molecule has 2 atom stereocenters. The first-order valence-electron chi connectivity index (χ1n) is 8.46. The average Bonchev–Trinajstić information content (AvgIpc) is 3.14. The third-order valence-electron chi connectivity index (χ3n) is 4.16. The number of unbranched alkanes of at least 4 members (excludes halogenated alkanes) is 2. The fourth-order valence-corrected chi connectivity index (χ4v) is 3.59. The molecule has 1 aromatic heterocycles. The Kier molecular flexibility index (Phi) is 7.11. The first-order valence-corrected chi connectivity index (χ1v) is 9.28. The predicted molar refractivity (Wildman–Crippen MR) is 92.9 cm³/mol. The zero-order chi connectivity index (χ0) is 17.5. The number of rotatable bonds is 9. The van der Waals surface area contributed by atoms with E-state index in [0.29, 0.717) is 18.3 Å². The maximum absolute atomic E-state index is 12.4. The van der Waals surface area contributed by atoms with Crippen LogP contribution < -0.4 is 5.32 Å². The summed E-state index contributed by atoms with van der Waals surface area (Å²) in [6.07, 6.45) is 4.55. The van der Waals surface area contributed by atoms with E-state index in [9.17, 15) is 9.59 Å². The Morgan fingerprint density at radius 1 is 1.46 bits per heavy atom. The molecule has 0 unspecified atom stereocenters. The van der Waals surface area contributed by atoms with Crippen LogP contribution in [0.4, 0.5) is 5.13 Å². The Labute approximate surface area is 146 Å². The minimum atomic E-state index is -0.343. The molecule has 0 radical (unpaired) electrons. The fraction of sp³-hybridized carbons (Fsp3) is 0.750. The van der Waals surface area contributed by atoms with Crippen LogP contribution in [0.3, 0.4) is 0 Å². The molecule has 0 aliphatic carbocycles. The van der Waals surface area contributed by atoms with E-state index in [1.54, 1.807) is 12.0 Å². The Morgan fingerprint density at radius 3 is 2.96 bits per heavy atom. The van der Waals surface area contributed by atoms with Crippen LogP contribution in [0, 0.1) is 5.92 Å². The molecule has 7 nitrogen and oxygen atoms in total. The summed E-state index contributed by atoms with van der Waals surface area (Å²) in [4.78, 5) is 26.2. The van der Waals surface area contributed by atoms with Crippen molar-refractivity contribution in [1.29, 1.82) is 0 Å². The smallest absolute Gasteiger partial charge is 0.231 e. The van der Waals surface area contributed by atoms with Gasteiger partial charge in [0.25, 0.3) is 0 Å². The fourth-order valence-electron chi connectivity index (χ4n) is 2.80. The maximum Gasteiger partial charge on any atom is 0.231 e. The van der Waals surface area contributed by atoms with E-state index < -0.39 is 0 Å². The van der Waals surface area contributed by atoms with Crippen LogP contribution in [0.2, 0.25) is 0 Å². The molecular weight excluding hydrogens is 328 g/mol. The van der Waals surface area contributed by atoms with Gasteiger partial charge >= 0.3 is 0 Å². The molecule has 2 amide bonds. The number of amides is 2. The molecular formula is C16H26N4O3S. The number of aromatic nitrogens is 2. The molecule has 134 valence electrons. The minimum Gasteiger partial charge on any atom is -0.383 e. The van der Waals surface area contributed by atoms with Gasteiger partial charge in [-0.15, -0.1) is 10.2 Å². The molecule has 1 aliphatic heterocycles. The molecule has 2 rings (SSSR count). The van der Waals surface area contributed by atoms with E-state index in [4.69, 9.17) is 4.74 Å². The highest BCUT2D eigenvalue weighted by molar-refractivity contribution is 7.15. The number of ether oxygens (including phenoxy) is 1. The van der Waals surface area contributed by atoms with Gasteiger partial charge in [0.15, 0.2) is 0 Å². The number of hydrogen-bond donors (Lipinski definition) is 1. The molecule has 0 spiro atoms. The summed E-state index contributed by atoms with van der Waals surface area (Å²) >= 11 is 1.41. The Morgan fingerprint density at radius 2 is 2.25 bits per heavy atom. The predicted octanol–water partition coefficient (Wildman–Crippen LogP) is 2.09. The number of anilines is 1. The molecule has 1 fully saturated rings. The minimum absolute atomic E-state index is 0.00258. The Bertz CT molecular complexity index is 563. The van der Waals surface area contributed by atoms with Crippen LogP contribution in [0.15, 0.2) is 0 Å². The van der Waals surface area contributed by atoms with E-state index in [0.717, 1.165) is 24.3 Å². The van der Waals surface area contributed by atoms with Crippen molar-refractivity contribution < 1.29 is 14.3 Å². The molecule has 0 aromatic carbocycles. The maximum atomic E-state index is 12.4. The molecule has 0 saturated carbocycles. The first kappa shape index (κ1) is 18.8. The second kappa shape index (κ2) is 9.08. The molecule has 8 heteroatoms. The van der Waals surface area contributed by atoms with Crippen molar-refractivity contribution in [2.45, 2.75) is 52.0 Å². The second-order valence-electron chi connectivity index (χ2n) is 6.20. The van der Waals surface area contributed by atoms with Gasteiger partial charge in [0.05, 0.1) is 18.6 Å². The van der Waals surface area contributed by atoms with E-state index >= 15 is 0 Å². The summed E-state index contributed by atoms with van der Waals surface area (Å²) in [5, 5.41) is 12.4. The largest absolute Gasteiger partial charge is 0.383 e. The highest BCUT2D eigenvalue weighted by Crippen LogP contribution is 2.23. The van der Waals surface area contributed by atoms with Crippen molar-refractivity contribution in [3.63, 3.8) is 0 Å². The van der Waals surface area contributed by atoms with Crippen LogP contribution in [0.25, 0.3) is 0 Å². The van der Waals surface area contributed by atoms with Crippen LogP contribution in [-0.4, -0.2) is 53.2 Å². The summed E-state index contributed by atoms with van der Waals surface area (Å²) in [6.45, 7) is 4.98. The molecule has 0 bridgehead atoms. The summed E-state index contributed by atoms with van der Waals surface area (Å²) in [7, 11) is 1.61. The SMILES string of the molecule is CCCCCc1nnc(NC(=O)[C@@H]2CC(=O)N([C@H](C)COC)C2)s1. The van der Waals surface area contributed by atoms with Crippen LogP contribution in [0.1, 0.15) is 44.5 Å². The van der Waals surface area contributed by atoms with E-state index in [1.807, 2.05) is 6.92 Å². The lowest BCUT2D eigenvalue weighted by Gasteiger charge is -2.23. The normalized spacial score (nSPS) is 18.9. The zero-order valence-electron chi connectivity index (χ0n) is 14.6. The monoisotopic (exact) mass is 354 g/mol. The summed E-state index contributed by atoms with van der Waals surface area (Å²) in [6, 6.07) is -0.0213. The number of aryl methyl sites for hydroxylation is 1. The van der Waals surface area contributed by atoms with Crippen LogP contribution in [-0.2, 0) is 20.7 Å². The van der Waals surface area contributed by atoms with Gasteiger partial charge in [-0.3, -0.25) is 9.59 Å². The van der Waals surface area contributed by atoms with Gasteiger partial charge in [-0.05, 0) is 13.3 Å². The highest BCUT2D eigenvalue weighted by Gasteiger charge is 2.36. The lowest BCUT2D eigenvalue weighted by atomic mass is 10.1. The standard InChI is InChI=1S/C16H26N4O3S/c1-4-5-6-7-13-18-19-16(24-13)17-15(22)12-8-14(21)20(9-12)11(2)10-23-3/h11-12H,4-10H2,1-3H3,(H,17,19,22)/t11-,12-/m1/s1. The van der Waals surface area contributed by atoms with E-state index in [1.165, 1.54) is 17.8 Å². The number of carbonyl (C=O) groups excluding carboxylic acids is 2. The zero-order valence-corrected chi connectivity index (χ0v) is 15.4. The van der Waals surface area contributed by atoms with Crippen molar-refractivity contribution >= 4 is 28.3 Å². The topological polar surface area (TPSA) is 84.4 Å². The number of methoxy groups -OCH3 is 1. The van der Waals surface area contributed by atoms with Gasteiger partial charge < -0.3 is 15.0 Å². The summed E-state index contributed by atoms with van der Waals surface area (Å²) in [5.74, 6) is -0.506. The quantitative estimate of drug-likeness (QED) is 0.687. The number of carbonyl (C=O) groups is 2. The van der Waals surface area contributed by atoms with Gasteiger partial charge in [0.1, 0.15) is 5.01 Å². The molecule has 1 aliphatic rings. The van der Waals surface area contributed by atoms with Gasteiger partial charge in [0.2, 0.25) is 16.9 Å². The van der Waals surface area contributed by atoms with Crippen molar-refractivity contribution in [2.24, 2.45) is 5.92 Å². The van der Waals surface area contributed by atoms with Gasteiger partial charge in [-0.2, -0.15) is 0 Å². The van der Waals surface area contributed by atoms with Crippen molar-refractivity contribution in [3.05, 3.63) is 5.01 Å². The highest BCUT2D eigenvalue weighted by atomic mass is 32.1. The van der Waals surface area contributed by atoms with Crippen molar-refractivity contribution in [3.8, 4) is 0 Å². The second-order valence-corrected chi connectivity index (χ2v) is 7.26. The van der Waals surface area contributed by atoms with Crippen LogP contribution in [0.5, 0.6) is 0 Å². The Balaban J connectivity index is 1.85. The van der Waals surface area contributed by atoms with Crippen LogP contribution >= 0.6 is 11.3 Å². The first-order chi connectivity index (χ1) is 11.5.